The Morgan fingerprint density at radius 1 is 1.19 bits per heavy atom. The number of nitrogens with zero attached hydrogens (tertiary/aromatic N) is 2. The van der Waals surface area contributed by atoms with Crippen molar-refractivity contribution in [1.82, 2.24) is 10.1 Å². The summed E-state index contributed by atoms with van der Waals surface area (Å²) in [6, 6.07) is 15.1. The third-order valence-corrected chi connectivity index (χ3v) is 4.19. The zero-order valence-corrected chi connectivity index (χ0v) is 15.7. The molecule has 0 bridgehead atoms. The fourth-order valence-corrected chi connectivity index (χ4v) is 2.82. The summed E-state index contributed by atoms with van der Waals surface area (Å²) in [5, 5.41) is 3.91. The standard InChI is InChI=1S/C19H17BrN2O4/c1-24-16-8-3-2-5-13(16)9-10-18(23)25-12-17-21-19(22-26-17)14-6-4-7-15(20)11-14/h2-8,11H,9-10,12H2,1H3. The van der Waals surface area contributed by atoms with Crippen molar-refractivity contribution in [1.29, 1.82) is 0 Å². The summed E-state index contributed by atoms with van der Waals surface area (Å²) >= 11 is 3.40. The molecule has 0 atom stereocenters. The molecule has 0 N–H and O–H groups in total. The number of para-hydroxylation sites is 1. The van der Waals surface area contributed by atoms with Gasteiger partial charge in [-0.15, -0.1) is 0 Å². The van der Waals surface area contributed by atoms with Crippen LogP contribution in [0, 0.1) is 0 Å². The van der Waals surface area contributed by atoms with Crippen LogP contribution in [0.1, 0.15) is 17.9 Å². The summed E-state index contributed by atoms with van der Waals surface area (Å²) in [4.78, 5) is 16.2. The van der Waals surface area contributed by atoms with Crippen LogP contribution < -0.4 is 4.74 Å². The highest BCUT2D eigenvalue weighted by atomic mass is 79.9. The minimum absolute atomic E-state index is 0.0498. The first-order chi connectivity index (χ1) is 12.7. The molecule has 0 fully saturated rings. The van der Waals surface area contributed by atoms with Gasteiger partial charge < -0.3 is 14.0 Å². The van der Waals surface area contributed by atoms with Crippen molar-refractivity contribution < 1.29 is 18.8 Å². The Kier molecular flexibility index (Phi) is 6.01. The molecule has 134 valence electrons. The van der Waals surface area contributed by atoms with Gasteiger partial charge in [-0.2, -0.15) is 4.98 Å². The summed E-state index contributed by atoms with van der Waals surface area (Å²) in [6.45, 7) is -0.0498. The molecule has 0 spiro atoms. The second kappa shape index (κ2) is 8.62. The van der Waals surface area contributed by atoms with Crippen molar-refractivity contribution in [3.63, 3.8) is 0 Å². The molecule has 0 saturated carbocycles. The van der Waals surface area contributed by atoms with Crippen LogP contribution in [-0.4, -0.2) is 23.2 Å². The highest BCUT2D eigenvalue weighted by Gasteiger charge is 2.12. The molecule has 0 saturated heterocycles. The zero-order valence-electron chi connectivity index (χ0n) is 14.1. The van der Waals surface area contributed by atoms with Crippen molar-refractivity contribution in [3.05, 3.63) is 64.5 Å². The van der Waals surface area contributed by atoms with Crippen LogP contribution in [0.3, 0.4) is 0 Å². The zero-order chi connectivity index (χ0) is 18.4. The topological polar surface area (TPSA) is 74.5 Å². The number of esters is 1. The largest absolute Gasteiger partial charge is 0.496 e. The molecule has 0 aliphatic rings. The fourth-order valence-electron chi connectivity index (χ4n) is 2.42. The van der Waals surface area contributed by atoms with Crippen molar-refractivity contribution in [2.45, 2.75) is 19.4 Å². The Morgan fingerprint density at radius 3 is 2.85 bits per heavy atom. The van der Waals surface area contributed by atoms with E-state index in [-0.39, 0.29) is 24.9 Å². The van der Waals surface area contributed by atoms with Gasteiger partial charge in [-0.3, -0.25) is 4.79 Å². The molecule has 1 aromatic heterocycles. The van der Waals surface area contributed by atoms with Gasteiger partial charge in [0.25, 0.3) is 5.89 Å². The lowest BCUT2D eigenvalue weighted by molar-refractivity contribution is -0.145. The van der Waals surface area contributed by atoms with Gasteiger partial charge in [-0.05, 0) is 30.2 Å². The summed E-state index contributed by atoms with van der Waals surface area (Å²) in [6.07, 6.45) is 0.781. The molecule has 0 radical (unpaired) electrons. The quantitative estimate of drug-likeness (QED) is 0.537. The molecule has 0 aliphatic heterocycles. The van der Waals surface area contributed by atoms with Crippen LogP contribution in [0.4, 0.5) is 0 Å². The molecule has 6 nitrogen and oxygen atoms in total. The Labute approximate surface area is 159 Å². The Bertz CT molecular complexity index is 895. The molecule has 1 heterocycles. The lowest BCUT2D eigenvalue weighted by Crippen LogP contribution is -2.06. The van der Waals surface area contributed by atoms with Crippen molar-refractivity contribution in [2.24, 2.45) is 0 Å². The van der Waals surface area contributed by atoms with E-state index in [9.17, 15) is 4.79 Å². The molecular weight excluding hydrogens is 400 g/mol. The highest BCUT2D eigenvalue weighted by molar-refractivity contribution is 9.10. The number of hydrogen-bond acceptors (Lipinski definition) is 6. The molecule has 3 aromatic rings. The van der Waals surface area contributed by atoms with E-state index in [4.69, 9.17) is 14.0 Å². The number of halogens is 1. The van der Waals surface area contributed by atoms with Gasteiger partial charge in [-0.25, -0.2) is 0 Å². The number of methoxy groups -OCH3 is 1. The van der Waals surface area contributed by atoms with E-state index in [1.54, 1.807) is 7.11 Å². The van der Waals surface area contributed by atoms with Gasteiger partial charge in [0, 0.05) is 16.5 Å². The number of hydrogen-bond donors (Lipinski definition) is 0. The van der Waals surface area contributed by atoms with Crippen molar-refractivity contribution in [2.75, 3.05) is 7.11 Å². The molecule has 3 rings (SSSR count). The van der Waals surface area contributed by atoms with Gasteiger partial charge >= 0.3 is 5.97 Å². The molecule has 7 heteroatoms. The summed E-state index contributed by atoms with van der Waals surface area (Å²) in [5.41, 5.74) is 1.78. The second-order valence-electron chi connectivity index (χ2n) is 5.49. The molecular formula is C19H17BrN2O4. The van der Waals surface area contributed by atoms with Crippen molar-refractivity contribution in [3.8, 4) is 17.1 Å². The SMILES string of the molecule is COc1ccccc1CCC(=O)OCc1nc(-c2cccc(Br)c2)no1. The normalized spacial score (nSPS) is 10.5. The van der Waals surface area contributed by atoms with E-state index in [1.807, 2.05) is 48.5 Å². The van der Waals surface area contributed by atoms with E-state index in [0.29, 0.717) is 12.2 Å². The Hall–Kier alpha value is -2.67. The predicted octanol–water partition coefficient (Wildman–Crippen LogP) is 4.18. The number of carbonyl (C=O) groups is 1. The minimum Gasteiger partial charge on any atom is -0.496 e. The van der Waals surface area contributed by atoms with Crippen LogP contribution in [0.15, 0.2) is 57.5 Å². The number of aryl methyl sites for hydroxylation is 1. The third kappa shape index (κ3) is 4.70. The maximum absolute atomic E-state index is 12.0. The number of rotatable bonds is 7. The summed E-state index contributed by atoms with van der Waals surface area (Å²) in [5.74, 6) is 1.13. The van der Waals surface area contributed by atoms with E-state index in [2.05, 4.69) is 26.1 Å². The van der Waals surface area contributed by atoms with Gasteiger partial charge in [0.1, 0.15) is 5.75 Å². The van der Waals surface area contributed by atoms with Gasteiger partial charge in [0.15, 0.2) is 6.61 Å². The van der Waals surface area contributed by atoms with E-state index < -0.39 is 0 Å². The summed E-state index contributed by atoms with van der Waals surface area (Å²) < 4.78 is 16.5. The van der Waals surface area contributed by atoms with E-state index in [0.717, 1.165) is 21.3 Å². The van der Waals surface area contributed by atoms with Crippen LogP contribution in [-0.2, 0) is 22.6 Å². The second-order valence-corrected chi connectivity index (χ2v) is 6.41. The van der Waals surface area contributed by atoms with Crippen LogP contribution in [0.2, 0.25) is 0 Å². The van der Waals surface area contributed by atoms with E-state index >= 15 is 0 Å². The number of carbonyl (C=O) groups excluding carboxylic acids is 1. The van der Waals surface area contributed by atoms with Gasteiger partial charge in [-0.1, -0.05) is 51.4 Å². The molecule has 0 aliphatic carbocycles. The minimum atomic E-state index is -0.335. The average Bonchev–Trinajstić information content (AvgIpc) is 3.14. The molecule has 0 amide bonds. The van der Waals surface area contributed by atoms with Crippen LogP contribution in [0.5, 0.6) is 5.75 Å². The molecule has 26 heavy (non-hydrogen) atoms. The number of benzene rings is 2. The fraction of sp³-hybridized carbons (Fsp3) is 0.211. The van der Waals surface area contributed by atoms with E-state index in [1.165, 1.54) is 0 Å². The van der Waals surface area contributed by atoms with Gasteiger partial charge in [0.05, 0.1) is 7.11 Å². The average molecular weight is 417 g/mol. The Morgan fingerprint density at radius 2 is 2.04 bits per heavy atom. The highest BCUT2D eigenvalue weighted by Crippen LogP contribution is 2.21. The monoisotopic (exact) mass is 416 g/mol. The molecule has 2 aromatic carbocycles. The smallest absolute Gasteiger partial charge is 0.306 e. The maximum Gasteiger partial charge on any atom is 0.306 e. The van der Waals surface area contributed by atoms with Crippen LogP contribution >= 0.6 is 15.9 Å². The van der Waals surface area contributed by atoms with Crippen molar-refractivity contribution >= 4 is 21.9 Å². The third-order valence-electron chi connectivity index (χ3n) is 3.70. The van der Waals surface area contributed by atoms with Crippen LogP contribution in [0.25, 0.3) is 11.4 Å². The van der Waals surface area contributed by atoms with Gasteiger partial charge in [0.2, 0.25) is 5.82 Å². The lowest BCUT2D eigenvalue weighted by atomic mass is 10.1. The molecule has 0 unspecified atom stereocenters. The predicted molar refractivity (Wildman–Crippen MR) is 98.5 cm³/mol. The maximum atomic E-state index is 12.0. The first kappa shape index (κ1) is 18.1. The first-order valence-corrected chi connectivity index (χ1v) is 8.81. The number of ether oxygens (including phenoxy) is 2. The number of aromatic nitrogens is 2. The first-order valence-electron chi connectivity index (χ1n) is 8.02. The Balaban J connectivity index is 1.52. The lowest BCUT2D eigenvalue weighted by Gasteiger charge is -2.07. The summed E-state index contributed by atoms with van der Waals surface area (Å²) in [7, 11) is 1.61.